The van der Waals surface area contributed by atoms with Crippen molar-refractivity contribution >= 4 is 5.78 Å². The van der Waals surface area contributed by atoms with Gasteiger partial charge in [-0.1, -0.05) is 24.3 Å². The first-order valence-electron chi connectivity index (χ1n) is 5.09. The molecule has 0 unspecified atom stereocenters. The lowest BCUT2D eigenvalue weighted by Gasteiger charge is -2.14. The first kappa shape index (κ1) is 13.7. The molecule has 0 aliphatic heterocycles. The van der Waals surface area contributed by atoms with Gasteiger partial charge < -0.3 is 0 Å². The molecule has 0 amide bonds. The predicted octanol–water partition coefficient (Wildman–Crippen LogP) is 3.86. The number of carbonyl (C=O) groups excluding carboxylic acids is 1. The maximum Gasteiger partial charge on any atom is 0.307 e. The smallest absolute Gasteiger partial charge is 0.294 e. The van der Waals surface area contributed by atoms with Gasteiger partial charge in [0.15, 0.2) is 5.78 Å². The van der Waals surface area contributed by atoms with Gasteiger partial charge in [-0.2, -0.15) is 0 Å². The molecule has 1 nitrogen and oxygen atoms in total. The number of aryl methyl sites for hydroxylation is 1. The van der Waals surface area contributed by atoms with E-state index in [-0.39, 0.29) is 0 Å². The highest BCUT2D eigenvalue weighted by Gasteiger charge is 2.40. The van der Waals surface area contributed by atoms with Gasteiger partial charge in [0.05, 0.1) is 0 Å². The summed E-state index contributed by atoms with van der Waals surface area (Å²) in [5.74, 6) is -4.64. The predicted molar refractivity (Wildman–Crippen MR) is 55.7 cm³/mol. The summed E-state index contributed by atoms with van der Waals surface area (Å²) in [6, 6.07) is 6.47. The summed E-state index contributed by atoms with van der Waals surface area (Å²) >= 11 is 0. The molecule has 0 radical (unpaired) electrons. The highest BCUT2D eigenvalue weighted by Crippen LogP contribution is 2.28. The lowest BCUT2D eigenvalue weighted by molar-refractivity contribution is -0.132. The van der Waals surface area contributed by atoms with E-state index < -0.39 is 31.0 Å². The van der Waals surface area contributed by atoms with Crippen molar-refractivity contribution in [3.8, 4) is 0 Å². The van der Waals surface area contributed by atoms with Gasteiger partial charge in [-0.3, -0.25) is 4.79 Å². The molecule has 0 N–H and O–H groups in total. The Balaban J connectivity index is 2.66. The van der Waals surface area contributed by atoms with Crippen LogP contribution in [0.25, 0.3) is 0 Å². The van der Waals surface area contributed by atoms with Crippen molar-refractivity contribution in [2.75, 3.05) is 0 Å². The monoisotopic (exact) mass is 248 g/mol. The molecule has 0 aliphatic carbocycles. The van der Waals surface area contributed by atoms with Gasteiger partial charge in [0.1, 0.15) is 0 Å². The van der Waals surface area contributed by atoms with Crippen LogP contribution in [-0.4, -0.2) is 18.1 Å². The van der Waals surface area contributed by atoms with Gasteiger partial charge in [0.25, 0.3) is 0 Å². The number of hydrogen-bond acceptors (Lipinski definition) is 1. The molecule has 1 rings (SSSR count). The topological polar surface area (TPSA) is 17.1 Å². The molecule has 0 atom stereocenters. The fraction of sp³-hybridized carbons (Fsp3) is 0.417. The zero-order chi connectivity index (χ0) is 13.1. The largest absolute Gasteiger partial charge is 0.307 e. The molecule has 0 saturated carbocycles. The summed E-state index contributed by atoms with van der Waals surface area (Å²) in [5, 5.41) is 0. The van der Waals surface area contributed by atoms with Crippen LogP contribution in [-0.2, 0) is 0 Å². The van der Waals surface area contributed by atoms with Crippen LogP contribution in [0.4, 0.5) is 17.6 Å². The van der Waals surface area contributed by atoms with Crippen LogP contribution in [0.1, 0.15) is 28.8 Å². The van der Waals surface area contributed by atoms with Crippen molar-refractivity contribution in [3.63, 3.8) is 0 Å². The normalized spacial score (nSPS) is 11.9. The third kappa shape index (κ3) is 3.54. The molecule has 0 heterocycles. The van der Waals surface area contributed by atoms with E-state index >= 15 is 0 Å². The Morgan fingerprint density at radius 1 is 1.29 bits per heavy atom. The Labute approximate surface area is 96.4 Å². The van der Waals surface area contributed by atoms with Crippen LogP contribution in [0.2, 0.25) is 0 Å². The van der Waals surface area contributed by atoms with Crippen molar-refractivity contribution in [3.05, 3.63) is 35.4 Å². The first-order chi connectivity index (χ1) is 7.84. The summed E-state index contributed by atoms with van der Waals surface area (Å²) in [7, 11) is 0. The van der Waals surface area contributed by atoms with Crippen LogP contribution in [0.3, 0.4) is 0 Å². The number of carbonyl (C=O) groups is 1. The maximum absolute atomic E-state index is 12.6. The van der Waals surface area contributed by atoms with Crippen LogP contribution in [0, 0.1) is 6.92 Å². The van der Waals surface area contributed by atoms with Gasteiger partial charge in [0, 0.05) is 18.4 Å². The fourth-order valence-electron chi connectivity index (χ4n) is 1.41. The van der Waals surface area contributed by atoms with Crippen molar-refractivity contribution in [1.29, 1.82) is 0 Å². The minimum Gasteiger partial charge on any atom is -0.294 e. The van der Waals surface area contributed by atoms with Gasteiger partial charge in [-0.05, 0) is 12.5 Å². The number of hydrogen-bond donors (Lipinski definition) is 0. The van der Waals surface area contributed by atoms with Crippen LogP contribution >= 0.6 is 0 Å². The van der Waals surface area contributed by atoms with Crippen molar-refractivity contribution < 1.29 is 22.4 Å². The molecule has 0 spiro atoms. The van der Waals surface area contributed by atoms with Crippen LogP contribution < -0.4 is 0 Å². The van der Waals surface area contributed by atoms with E-state index in [1.807, 2.05) is 0 Å². The third-order valence-electron chi connectivity index (χ3n) is 2.45. The summed E-state index contributed by atoms with van der Waals surface area (Å²) in [4.78, 5) is 11.6. The molecule has 94 valence electrons. The lowest BCUT2D eigenvalue weighted by atomic mass is 10.00. The molecule has 0 saturated heterocycles. The Morgan fingerprint density at radius 3 is 2.41 bits per heavy atom. The average molecular weight is 248 g/mol. The van der Waals surface area contributed by atoms with Crippen molar-refractivity contribution in [1.82, 2.24) is 0 Å². The van der Waals surface area contributed by atoms with Crippen molar-refractivity contribution in [2.24, 2.45) is 0 Å². The number of halogens is 4. The molecule has 5 heteroatoms. The molecule has 1 aromatic rings. The zero-order valence-electron chi connectivity index (χ0n) is 9.22. The zero-order valence-corrected chi connectivity index (χ0v) is 9.22. The maximum atomic E-state index is 12.6. The van der Waals surface area contributed by atoms with E-state index in [1.165, 1.54) is 6.07 Å². The Bertz CT molecular complexity index is 401. The fourth-order valence-corrected chi connectivity index (χ4v) is 1.41. The summed E-state index contributed by atoms with van der Waals surface area (Å²) < 4.78 is 49.0. The van der Waals surface area contributed by atoms with Gasteiger partial charge in [-0.15, -0.1) is 0 Å². The molecular weight excluding hydrogens is 236 g/mol. The number of benzene rings is 1. The van der Waals surface area contributed by atoms with Crippen LogP contribution in [0.5, 0.6) is 0 Å². The summed E-state index contributed by atoms with van der Waals surface area (Å²) in [6.07, 6.45) is -5.44. The minimum atomic E-state index is -4.10. The quantitative estimate of drug-likeness (QED) is 0.571. The third-order valence-corrected chi connectivity index (χ3v) is 2.45. The average Bonchev–Trinajstić information content (AvgIpc) is 2.26. The Morgan fingerprint density at radius 2 is 1.88 bits per heavy atom. The summed E-state index contributed by atoms with van der Waals surface area (Å²) in [5.41, 5.74) is 0.954. The van der Waals surface area contributed by atoms with Gasteiger partial charge in [-0.25, -0.2) is 17.6 Å². The van der Waals surface area contributed by atoms with E-state index in [0.717, 1.165) is 0 Å². The van der Waals surface area contributed by atoms with Crippen molar-refractivity contribution in [2.45, 2.75) is 32.1 Å². The number of rotatable bonds is 5. The number of ketones is 1. The van der Waals surface area contributed by atoms with E-state index in [1.54, 1.807) is 25.1 Å². The van der Waals surface area contributed by atoms with E-state index in [9.17, 15) is 22.4 Å². The summed E-state index contributed by atoms with van der Waals surface area (Å²) in [6.45, 7) is 1.67. The molecule has 0 fully saturated rings. The van der Waals surface area contributed by atoms with Gasteiger partial charge >= 0.3 is 12.3 Å². The molecule has 17 heavy (non-hydrogen) atoms. The second-order valence-corrected chi connectivity index (χ2v) is 3.80. The molecular formula is C12H12F4O. The number of Topliss-reactive ketones (excluding diaryl/α,β-unsaturated/α-hetero) is 1. The Kier molecular flexibility index (Phi) is 4.26. The first-order valence-corrected chi connectivity index (χ1v) is 5.09. The highest BCUT2D eigenvalue weighted by molar-refractivity contribution is 5.97. The molecule has 0 aromatic heterocycles. The Hall–Kier alpha value is -1.39. The van der Waals surface area contributed by atoms with E-state index in [2.05, 4.69) is 0 Å². The SMILES string of the molecule is Cc1ccccc1C(=O)CCC(F)(F)C(F)F. The van der Waals surface area contributed by atoms with E-state index in [4.69, 9.17) is 0 Å². The minimum absolute atomic E-state index is 0.303. The second-order valence-electron chi connectivity index (χ2n) is 3.80. The molecule has 0 bridgehead atoms. The van der Waals surface area contributed by atoms with Crippen LogP contribution in [0.15, 0.2) is 24.3 Å². The standard InChI is InChI=1S/C12H12F4O/c1-8-4-2-3-5-9(8)10(17)6-7-12(15,16)11(13)14/h2-5,11H,6-7H2,1H3. The highest BCUT2D eigenvalue weighted by atomic mass is 19.3. The second kappa shape index (κ2) is 5.29. The number of alkyl halides is 4. The molecule has 0 aliphatic rings. The van der Waals surface area contributed by atoms with Gasteiger partial charge in [0.2, 0.25) is 0 Å². The van der Waals surface area contributed by atoms with E-state index in [0.29, 0.717) is 11.1 Å². The molecule has 1 aromatic carbocycles. The lowest BCUT2D eigenvalue weighted by Crippen LogP contribution is -2.27.